The van der Waals surface area contributed by atoms with Gasteiger partial charge in [0, 0.05) is 19.3 Å². The quantitative estimate of drug-likeness (QED) is 0.0263. The number of hydrogen-bond donors (Lipinski definition) is 0. The highest BCUT2D eigenvalue weighted by Crippen LogP contribution is 2.13. The molecular weight excluding hydrogens is 769 g/mol. The van der Waals surface area contributed by atoms with Crippen LogP contribution in [0.5, 0.6) is 0 Å². The minimum absolute atomic E-state index is 0.104. The highest BCUT2D eigenvalue weighted by Gasteiger charge is 2.19. The number of hydrogen-bond acceptors (Lipinski definition) is 6. The van der Waals surface area contributed by atoms with Gasteiger partial charge in [0.2, 0.25) is 0 Å². The summed E-state index contributed by atoms with van der Waals surface area (Å²) in [5.41, 5.74) is 0. The normalized spacial score (nSPS) is 13.0. The zero-order valence-electron chi connectivity index (χ0n) is 39.8. The van der Waals surface area contributed by atoms with E-state index < -0.39 is 6.10 Å². The van der Waals surface area contributed by atoms with Gasteiger partial charge in [-0.2, -0.15) is 0 Å². The summed E-state index contributed by atoms with van der Waals surface area (Å²) in [7, 11) is 0. The third-order valence-corrected chi connectivity index (χ3v) is 10.2. The highest BCUT2D eigenvalue weighted by molar-refractivity contribution is 5.71. The van der Waals surface area contributed by atoms with Gasteiger partial charge < -0.3 is 14.2 Å². The molecule has 62 heavy (non-hydrogen) atoms. The summed E-state index contributed by atoms with van der Waals surface area (Å²) >= 11 is 0. The summed E-state index contributed by atoms with van der Waals surface area (Å²) in [6.07, 6.45) is 66.4. The maximum Gasteiger partial charge on any atom is 0.306 e. The Morgan fingerprint density at radius 1 is 0.339 bits per heavy atom. The molecule has 0 spiro atoms. The molecule has 0 aliphatic heterocycles. The zero-order valence-corrected chi connectivity index (χ0v) is 39.8. The fourth-order valence-electron chi connectivity index (χ4n) is 6.47. The number of carbonyl (C=O) groups excluding carboxylic acids is 3. The van der Waals surface area contributed by atoms with Crippen molar-refractivity contribution >= 4 is 17.9 Å². The molecular formula is C56H90O6. The van der Waals surface area contributed by atoms with E-state index in [9.17, 15) is 14.4 Å². The molecule has 0 aliphatic carbocycles. The van der Waals surface area contributed by atoms with E-state index in [0.717, 1.165) is 89.9 Å². The molecule has 0 aromatic heterocycles. The van der Waals surface area contributed by atoms with Gasteiger partial charge >= 0.3 is 17.9 Å². The van der Waals surface area contributed by atoms with Crippen LogP contribution in [0.25, 0.3) is 0 Å². The smallest absolute Gasteiger partial charge is 0.306 e. The molecule has 0 aromatic carbocycles. The molecule has 0 aromatic rings. The van der Waals surface area contributed by atoms with Crippen LogP contribution in [0, 0.1) is 0 Å². The number of ether oxygens (including phenoxy) is 3. The predicted molar refractivity (Wildman–Crippen MR) is 265 cm³/mol. The molecule has 0 aliphatic rings. The van der Waals surface area contributed by atoms with Crippen LogP contribution in [0.2, 0.25) is 0 Å². The minimum atomic E-state index is -0.809. The SMILES string of the molecule is CC\C=C/C=C\C=C/C=C\C=C\C=C/CCCCCC(=O)OC(COC(=O)CCCCCCC\C=C/C=C\C=C/CCCCCCC)COC(=O)CCCCCCCCCCC. The van der Waals surface area contributed by atoms with Crippen molar-refractivity contribution in [3.63, 3.8) is 0 Å². The monoisotopic (exact) mass is 859 g/mol. The number of esters is 3. The van der Waals surface area contributed by atoms with Gasteiger partial charge in [0.15, 0.2) is 6.10 Å². The molecule has 0 fully saturated rings. The van der Waals surface area contributed by atoms with Crippen LogP contribution >= 0.6 is 0 Å². The molecule has 6 nitrogen and oxygen atoms in total. The highest BCUT2D eigenvalue weighted by atomic mass is 16.6. The predicted octanol–water partition coefficient (Wildman–Crippen LogP) is 16.4. The molecule has 1 unspecified atom stereocenters. The van der Waals surface area contributed by atoms with Crippen molar-refractivity contribution in [1.29, 1.82) is 0 Å². The lowest BCUT2D eigenvalue weighted by Crippen LogP contribution is -2.30. The molecule has 0 N–H and O–H groups in total. The van der Waals surface area contributed by atoms with Crippen molar-refractivity contribution in [3.05, 3.63) is 109 Å². The molecule has 0 saturated heterocycles. The fourth-order valence-corrected chi connectivity index (χ4v) is 6.47. The van der Waals surface area contributed by atoms with Crippen LogP contribution in [0.15, 0.2) is 109 Å². The average molecular weight is 859 g/mol. The van der Waals surface area contributed by atoms with Gasteiger partial charge in [-0.25, -0.2) is 0 Å². The van der Waals surface area contributed by atoms with Crippen molar-refractivity contribution in [3.8, 4) is 0 Å². The van der Waals surface area contributed by atoms with Gasteiger partial charge in [-0.15, -0.1) is 0 Å². The number of unbranched alkanes of at least 4 members (excludes halogenated alkanes) is 21. The van der Waals surface area contributed by atoms with Gasteiger partial charge in [0.1, 0.15) is 13.2 Å². The minimum Gasteiger partial charge on any atom is -0.462 e. The first-order valence-corrected chi connectivity index (χ1v) is 25.0. The van der Waals surface area contributed by atoms with E-state index in [0.29, 0.717) is 19.3 Å². The Kier molecular flexibility index (Phi) is 46.6. The summed E-state index contributed by atoms with van der Waals surface area (Å²) in [5, 5.41) is 0. The van der Waals surface area contributed by atoms with Crippen molar-refractivity contribution in [1.82, 2.24) is 0 Å². The Balaban J connectivity index is 4.50. The number of rotatable bonds is 43. The maximum atomic E-state index is 12.8. The Hall–Kier alpha value is -3.93. The number of carbonyl (C=O) groups is 3. The van der Waals surface area contributed by atoms with E-state index in [2.05, 4.69) is 69.4 Å². The van der Waals surface area contributed by atoms with E-state index in [1.54, 1.807) is 0 Å². The molecule has 0 bridgehead atoms. The first kappa shape index (κ1) is 58.1. The summed E-state index contributed by atoms with van der Waals surface area (Å²) < 4.78 is 16.7. The van der Waals surface area contributed by atoms with Crippen molar-refractivity contribution in [2.24, 2.45) is 0 Å². The lowest BCUT2D eigenvalue weighted by Gasteiger charge is -2.18. The lowest BCUT2D eigenvalue weighted by molar-refractivity contribution is -0.167. The van der Waals surface area contributed by atoms with Crippen LogP contribution in [0.4, 0.5) is 0 Å². The summed E-state index contributed by atoms with van der Waals surface area (Å²) in [4.78, 5) is 37.9. The largest absolute Gasteiger partial charge is 0.462 e. The van der Waals surface area contributed by atoms with Gasteiger partial charge in [0.25, 0.3) is 0 Å². The lowest BCUT2D eigenvalue weighted by atomic mass is 10.1. The van der Waals surface area contributed by atoms with E-state index in [1.165, 1.54) is 70.6 Å². The Labute approximate surface area is 380 Å². The third kappa shape index (κ3) is 47.1. The van der Waals surface area contributed by atoms with E-state index in [1.807, 2.05) is 60.8 Å². The molecule has 0 rings (SSSR count). The first-order valence-electron chi connectivity index (χ1n) is 25.0. The van der Waals surface area contributed by atoms with Gasteiger partial charge in [-0.05, 0) is 64.2 Å². The Morgan fingerprint density at radius 2 is 0.629 bits per heavy atom. The molecule has 0 saturated carbocycles. The van der Waals surface area contributed by atoms with Crippen LogP contribution in [-0.2, 0) is 28.6 Å². The molecule has 350 valence electrons. The third-order valence-electron chi connectivity index (χ3n) is 10.2. The second-order valence-corrected chi connectivity index (χ2v) is 16.2. The Bertz CT molecular complexity index is 1310. The van der Waals surface area contributed by atoms with Crippen LogP contribution in [0.1, 0.15) is 207 Å². The fraction of sp³-hybridized carbons (Fsp3) is 0.625. The van der Waals surface area contributed by atoms with Crippen molar-refractivity contribution < 1.29 is 28.6 Å². The molecule has 1 atom stereocenters. The average Bonchev–Trinajstić information content (AvgIpc) is 3.27. The van der Waals surface area contributed by atoms with Gasteiger partial charge in [0.05, 0.1) is 0 Å². The van der Waals surface area contributed by atoms with Gasteiger partial charge in [-0.1, -0.05) is 233 Å². The second-order valence-electron chi connectivity index (χ2n) is 16.2. The molecule has 0 amide bonds. The van der Waals surface area contributed by atoms with E-state index >= 15 is 0 Å². The number of allylic oxidation sites excluding steroid dienone is 18. The first-order chi connectivity index (χ1) is 30.5. The van der Waals surface area contributed by atoms with E-state index in [-0.39, 0.29) is 37.5 Å². The molecule has 0 radical (unpaired) electrons. The maximum absolute atomic E-state index is 12.8. The van der Waals surface area contributed by atoms with E-state index in [4.69, 9.17) is 14.2 Å². The van der Waals surface area contributed by atoms with Crippen LogP contribution < -0.4 is 0 Å². The summed E-state index contributed by atoms with van der Waals surface area (Å²) in [6.45, 7) is 6.38. The second kappa shape index (κ2) is 49.7. The Morgan fingerprint density at radius 3 is 1.00 bits per heavy atom. The summed E-state index contributed by atoms with van der Waals surface area (Å²) in [6, 6.07) is 0. The molecule has 6 heteroatoms. The van der Waals surface area contributed by atoms with Crippen LogP contribution in [0.3, 0.4) is 0 Å². The van der Waals surface area contributed by atoms with Gasteiger partial charge in [-0.3, -0.25) is 14.4 Å². The van der Waals surface area contributed by atoms with Crippen LogP contribution in [-0.4, -0.2) is 37.2 Å². The molecule has 0 heterocycles. The summed E-state index contributed by atoms with van der Waals surface area (Å²) in [5.74, 6) is -0.978. The van der Waals surface area contributed by atoms with Crippen molar-refractivity contribution in [2.45, 2.75) is 213 Å². The zero-order chi connectivity index (χ0) is 45.1. The topological polar surface area (TPSA) is 78.9 Å². The standard InChI is InChI=1S/C56H90O6/c1-4-7-10-13-16-19-21-23-25-27-29-30-32-34-37-40-43-46-49-55(58)61-52-53(51-60-54(57)48-45-42-39-36-18-15-12-9-6-3)62-56(59)50-47-44-41-38-35-33-31-28-26-24-22-20-17-14-11-8-5-2/h8,11,14,17,20-31,33,35,53H,4-7,9-10,12-13,15-16,18-19,32,34,36-52H2,1-3H3/b11-8-,17-14-,22-20-,23-21-,26-24-,27-25-,30-29-,31-28+,35-33-. The van der Waals surface area contributed by atoms with Crippen molar-refractivity contribution in [2.75, 3.05) is 13.2 Å².